The van der Waals surface area contributed by atoms with Crippen LogP contribution >= 0.6 is 34.4 Å². The van der Waals surface area contributed by atoms with Gasteiger partial charge in [0, 0.05) is 15.4 Å². The lowest BCUT2D eigenvalue weighted by Gasteiger charge is -2.17. The predicted molar refractivity (Wildman–Crippen MR) is 76.1 cm³/mol. The minimum absolute atomic E-state index is 0.491. The largest absolute Gasteiger partial charge is 0.298 e. The molecule has 1 N–H and O–H groups in total. The van der Waals surface area contributed by atoms with Crippen LogP contribution in [0.3, 0.4) is 0 Å². The molecule has 0 bridgehead atoms. The van der Waals surface area contributed by atoms with Gasteiger partial charge in [0.05, 0.1) is 5.37 Å². The summed E-state index contributed by atoms with van der Waals surface area (Å²) >= 11 is 4.45. The third kappa shape index (κ3) is 2.68. The van der Waals surface area contributed by atoms with E-state index in [1.807, 2.05) is 11.8 Å². The maximum atomic E-state index is 3.71. The quantitative estimate of drug-likeness (QED) is 0.829. The van der Waals surface area contributed by atoms with Gasteiger partial charge in [-0.15, -0.1) is 11.8 Å². The zero-order chi connectivity index (χ0) is 10.8. The van der Waals surface area contributed by atoms with Gasteiger partial charge < -0.3 is 0 Å². The van der Waals surface area contributed by atoms with E-state index in [0.717, 1.165) is 5.92 Å². The summed E-state index contributed by atoms with van der Waals surface area (Å²) in [6, 6.07) is 9.31. The highest BCUT2D eigenvalue weighted by molar-refractivity contribution is 14.1. The topological polar surface area (TPSA) is 12.0 Å². The van der Waals surface area contributed by atoms with Crippen LogP contribution < -0.4 is 5.32 Å². The molecule has 1 heterocycles. The van der Waals surface area contributed by atoms with Gasteiger partial charge in [-0.1, -0.05) is 32.0 Å². The molecular weight excluding hydrogens is 317 g/mol. The summed E-state index contributed by atoms with van der Waals surface area (Å²) in [7, 11) is 0. The van der Waals surface area contributed by atoms with Crippen molar-refractivity contribution in [3.05, 3.63) is 33.4 Å². The Morgan fingerprint density at radius 1 is 1.40 bits per heavy atom. The Morgan fingerprint density at radius 3 is 2.73 bits per heavy atom. The predicted octanol–water partition coefficient (Wildman–Crippen LogP) is 3.65. The molecule has 1 aromatic rings. The number of hydrogen-bond acceptors (Lipinski definition) is 2. The van der Waals surface area contributed by atoms with Crippen LogP contribution in [0.5, 0.6) is 0 Å². The third-order valence-electron chi connectivity index (χ3n) is 2.80. The summed E-state index contributed by atoms with van der Waals surface area (Å²) in [5.41, 5.74) is 1.44. The Kier molecular flexibility index (Phi) is 3.96. The maximum absolute atomic E-state index is 3.71. The minimum Gasteiger partial charge on any atom is -0.298 e. The second-order valence-electron chi connectivity index (χ2n) is 4.25. The fraction of sp³-hybridized carbons (Fsp3) is 0.500. The molecule has 0 radical (unpaired) electrons. The highest BCUT2D eigenvalue weighted by Gasteiger charge is 2.28. The summed E-state index contributed by atoms with van der Waals surface area (Å²) in [6.45, 7) is 4.58. The number of nitrogens with one attached hydrogen (secondary N) is 1. The maximum Gasteiger partial charge on any atom is 0.0802 e. The molecular formula is C12H16INS. The van der Waals surface area contributed by atoms with Crippen LogP contribution in [0.2, 0.25) is 0 Å². The highest BCUT2D eigenvalue weighted by atomic mass is 127. The van der Waals surface area contributed by atoms with Crippen molar-refractivity contribution in [2.24, 2.45) is 5.92 Å². The Hall–Kier alpha value is 0.260. The molecule has 0 saturated carbocycles. The monoisotopic (exact) mass is 333 g/mol. The fourth-order valence-corrected chi connectivity index (χ4v) is 4.19. The van der Waals surface area contributed by atoms with Gasteiger partial charge in [-0.2, -0.15) is 0 Å². The molecule has 1 fully saturated rings. The molecule has 1 saturated heterocycles. The van der Waals surface area contributed by atoms with E-state index in [-0.39, 0.29) is 0 Å². The normalized spacial score (nSPS) is 26.1. The van der Waals surface area contributed by atoms with Crippen molar-refractivity contribution in [2.75, 3.05) is 5.75 Å². The lowest BCUT2D eigenvalue weighted by Crippen LogP contribution is -2.30. The Morgan fingerprint density at radius 2 is 2.13 bits per heavy atom. The van der Waals surface area contributed by atoms with Crippen LogP contribution in [0.25, 0.3) is 0 Å². The van der Waals surface area contributed by atoms with E-state index in [1.54, 1.807) is 0 Å². The first-order chi connectivity index (χ1) is 7.18. The Balaban J connectivity index is 2.11. The number of rotatable bonds is 2. The molecule has 0 unspecified atom stereocenters. The van der Waals surface area contributed by atoms with E-state index < -0.39 is 0 Å². The molecule has 3 heteroatoms. The van der Waals surface area contributed by atoms with Crippen molar-refractivity contribution >= 4 is 34.4 Å². The molecule has 2 atom stereocenters. The summed E-state index contributed by atoms with van der Waals surface area (Å²) < 4.78 is 1.37. The van der Waals surface area contributed by atoms with Crippen molar-refractivity contribution in [1.29, 1.82) is 0 Å². The second-order valence-corrected chi connectivity index (χ2v) is 6.55. The zero-order valence-electron chi connectivity index (χ0n) is 9.03. The molecule has 0 amide bonds. The number of hydrogen-bond donors (Lipinski definition) is 1. The van der Waals surface area contributed by atoms with E-state index >= 15 is 0 Å². The van der Waals surface area contributed by atoms with Crippen LogP contribution in [0.15, 0.2) is 24.3 Å². The number of thioether (sulfide) groups is 1. The number of halogens is 1. The molecule has 0 spiro atoms. The summed E-state index contributed by atoms with van der Waals surface area (Å²) in [4.78, 5) is 0. The van der Waals surface area contributed by atoms with Crippen molar-refractivity contribution in [2.45, 2.75) is 25.3 Å². The smallest absolute Gasteiger partial charge is 0.0802 e. The average Bonchev–Trinajstić information content (AvgIpc) is 2.67. The van der Waals surface area contributed by atoms with Gasteiger partial charge in [-0.25, -0.2) is 0 Å². The molecule has 82 valence electrons. The lowest BCUT2D eigenvalue weighted by atomic mass is 10.1. The van der Waals surface area contributed by atoms with Gasteiger partial charge in [0.1, 0.15) is 0 Å². The Labute approximate surface area is 110 Å². The van der Waals surface area contributed by atoms with E-state index in [4.69, 9.17) is 0 Å². The van der Waals surface area contributed by atoms with Crippen LogP contribution in [-0.2, 0) is 0 Å². The first-order valence-electron chi connectivity index (χ1n) is 5.30. The molecule has 15 heavy (non-hydrogen) atoms. The van der Waals surface area contributed by atoms with Crippen molar-refractivity contribution in [3.8, 4) is 0 Å². The van der Waals surface area contributed by atoms with Crippen LogP contribution in [0.1, 0.15) is 24.8 Å². The first-order valence-corrected chi connectivity index (χ1v) is 7.43. The standard InChI is InChI=1S/C12H16INS/c1-8(2)11-7-15-12(14-11)9-5-3-4-6-10(9)13/h3-6,8,11-12,14H,7H2,1-2H3/t11-,12+/m1/s1. The SMILES string of the molecule is CC(C)[C@H]1CS[C@@H](c2ccccc2I)N1. The Bertz CT molecular complexity index is 340. The summed E-state index contributed by atoms with van der Waals surface area (Å²) in [5, 5.41) is 4.20. The van der Waals surface area contributed by atoms with Crippen LogP contribution in [0.4, 0.5) is 0 Å². The molecule has 0 aliphatic carbocycles. The van der Waals surface area contributed by atoms with Gasteiger partial charge in [0.25, 0.3) is 0 Å². The summed E-state index contributed by atoms with van der Waals surface area (Å²) in [6.07, 6.45) is 0. The van der Waals surface area contributed by atoms with Crippen LogP contribution in [0, 0.1) is 9.49 Å². The summed E-state index contributed by atoms with van der Waals surface area (Å²) in [5.74, 6) is 1.96. The average molecular weight is 333 g/mol. The van der Waals surface area contributed by atoms with Crippen LogP contribution in [-0.4, -0.2) is 11.8 Å². The van der Waals surface area contributed by atoms with E-state index in [0.29, 0.717) is 11.4 Å². The van der Waals surface area contributed by atoms with Crippen molar-refractivity contribution in [1.82, 2.24) is 5.32 Å². The molecule has 1 aliphatic heterocycles. The third-order valence-corrected chi connectivity index (χ3v) is 5.06. The molecule has 1 nitrogen and oxygen atoms in total. The first kappa shape index (κ1) is 11.7. The highest BCUT2D eigenvalue weighted by Crippen LogP contribution is 2.36. The fourth-order valence-electron chi connectivity index (χ4n) is 1.74. The van der Waals surface area contributed by atoms with E-state index in [9.17, 15) is 0 Å². The van der Waals surface area contributed by atoms with Crippen molar-refractivity contribution in [3.63, 3.8) is 0 Å². The molecule has 2 rings (SSSR count). The minimum atomic E-state index is 0.491. The lowest BCUT2D eigenvalue weighted by molar-refractivity contribution is 0.446. The molecule has 1 aliphatic rings. The second kappa shape index (κ2) is 5.06. The van der Waals surface area contributed by atoms with Gasteiger partial charge in [0.15, 0.2) is 0 Å². The molecule has 1 aromatic carbocycles. The van der Waals surface area contributed by atoms with Gasteiger partial charge in [-0.3, -0.25) is 5.32 Å². The van der Waals surface area contributed by atoms with Crippen molar-refractivity contribution < 1.29 is 0 Å². The van der Waals surface area contributed by atoms with E-state index in [1.165, 1.54) is 14.9 Å². The van der Waals surface area contributed by atoms with Gasteiger partial charge in [0.2, 0.25) is 0 Å². The number of benzene rings is 1. The van der Waals surface area contributed by atoms with E-state index in [2.05, 4.69) is 66.0 Å². The van der Waals surface area contributed by atoms with Gasteiger partial charge >= 0.3 is 0 Å². The van der Waals surface area contributed by atoms with Gasteiger partial charge in [-0.05, 0) is 40.1 Å². The molecule has 0 aromatic heterocycles. The zero-order valence-corrected chi connectivity index (χ0v) is 12.0.